The van der Waals surface area contributed by atoms with E-state index in [1.807, 2.05) is 18.2 Å². The van der Waals surface area contributed by atoms with E-state index in [1.165, 1.54) is 5.56 Å². The van der Waals surface area contributed by atoms with Gasteiger partial charge in [-0.25, -0.2) is 0 Å². The number of aromatic nitrogens is 2. The van der Waals surface area contributed by atoms with Crippen molar-refractivity contribution >= 4 is 0 Å². The molecular weight excluding hydrogens is 250 g/mol. The number of nitrogens with one attached hydrogen (secondary N) is 1. The Hall–Kier alpha value is -1.68. The lowest BCUT2D eigenvalue weighted by Gasteiger charge is -2.27. The van der Waals surface area contributed by atoms with Crippen molar-refractivity contribution in [1.82, 2.24) is 15.5 Å². The second-order valence-corrected chi connectivity index (χ2v) is 5.39. The smallest absolute Gasteiger partial charge is 0.240 e. The molecule has 20 heavy (non-hydrogen) atoms. The third-order valence-electron chi connectivity index (χ3n) is 3.94. The molecule has 0 radical (unpaired) electrons. The molecule has 0 amide bonds. The molecule has 1 aromatic heterocycles. The van der Waals surface area contributed by atoms with Gasteiger partial charge in [-0.2, -0.15) is 4.98 Å². The van der Waals surface area contributed by atoms with E-state index in [-0.39, 0.29) is 5.54 Å². The summed E-state index contributed by atoms with van der Waals surface area (Å²) in [6, 6.07) is 10.2. The zero-order valence-electron chi connectivity index (χ0n) is 12.5. The van der Waals surface area contributed by atoms with Gasteiger partial charge in [0.25, 0.3) is 0 Å². The van der Waals surface area contributed by atoms with Crippen LogP contribution >= 0.6 is 0 Å². The fourth-order valence-corrected chi connectivity index (χ4v) is 2.00. The van der Waals surface area contributed by atoms with Crippen molar-refractivity contribution in [3.63, 3.8) is 0 Å². The normalized spacial score (nSPS) is 11.8. The van der Waals surface area contributed by atoms with Gasteiger partial charge in [0.1, 0.15) is 0 Å². The average Bonchev–Trinajstić information content (AvgIpc) is 2.93. The van der Waals surface area contributed by atoms with Gasteiger partial charge < -0.3 is 9.84 Å². The van der Waals surface area contributed by atoms with Gasteiger partial charge in [0.15, 0.2) is 5.82 Å². The highest BCUT2D eigenvalue weighted by molar-refractivity contribution is 5.18. The molecule has 108 valence electrons. The minimum Gasteiger partial charge on any atom is -0.338 e. The SMILES string of the molecule is CCC(C)(CC)NCc1nc(Cc2ccccc2)no1. The largest absolute Gasteiger partial charge is 0.338 e. The minimum atomic E-state index is 0.133. The first kappa shape index (κ1) is 14.7. The Morgan fingerprint density at radius 3 is 2.50 bits per heavy atom. The van der Waals surface area contributed by atoms with Gasteiger partial charge in [-0.05, 0) is 25.3 Å². The van der Waals surface area contributed by atoms with Gasteiger partial charge >= 0.3 is 0 Å². The Balaban J connectivity index is 1.93. The quantitative estimate of drug-likeness (QED) is 0.840. The molecule has 1 N–H and O–H groups in total. The second kappa shape index (κ2) is 6.66. The maximum atomic E-state index is 5.30. The van der Waals surface area contributed by atoms with Crippen molar-refractivity contribution in [2.75, 3.05) is 0 Å². The summed E-state index contributed by atoms with van der Waals surface area (Å²) in [6.07, 6.45) is 2.87. The van der Waals surface area contributed by atoms with Crippen molar-refractivity contribution in [3.05, 3.63) is 47.6 Å². The molecule has 0 bridgehead atoms. The predicted octanol–water partition coefficient (Wildman–Crippen LogP) is 3.33. The lowest BCUT2D eigenvalue weighted by atomic mass is 9.96. The van der Waals surface area contributed by atoms with E-state index >= 15 is 0 Å². The number of hydrogen-bond acceptors (Lipinski definition) is 4. The van der Waals surface area contributed by atoms with E-state index in [2.05, 4.69) is 48.4 Å². The monoisotopic (exact) mass is 273 g/mol. The van der Waals surface area contributed by atoms with Crippen LogP contribution in [-0.2, 0) is 13.0 Å². The van der Waals surface area contributed by atoms with Gasteiger partial charge in [0, 0.05) is 12.0 Å². The lowest BCUT2D eigenvalue weighted by molar-refractivity contribution is 0.293. The van der Waals surface area contributed by atoms with Crippen LogP contribution in [0, 0.1) is 0 Å². The molecule has 0 saturated carbocycles. The predicted molar refractivity (Wildman–Crippen MR) is 79.4 cm³/mol. The number of rotatable bonds is 7. The Bertz CT molecular complexity index is 518. The van der Waals surface area contributed by atoms with Crippen LogP contribution in [0.5, 0.6) is 0 Å². The van der Waals surface area contributed by atoms with Crippen LogP contribution in [0.3, 0.4) is 0 Å². The van der Waals surface area contributed by atoms with Crippen molar-refractivity contribution in [2.24, 2.45) is 0 Å². The van der Waals surface area contributed by atoms with Crippen LogP contribution in [0.2, 0.25) is 0 Å². The zero-order chi connectivity index (χ0) is 14.4. The first-order chi connectivity index (χ1) is 9.65. The molecule has 1 heterocycles. The summed E-state index contributed by atoms with van der Waals surface area (Å²) in [6.45, 7) is 7.21. The van der Waals surface area contributed by atoms with Crippen LogP contribution in [0.1, 0.15) is 50.9 Å². The Kier molecular flexibility index (Phi) is 4.90. The van der Waals surface area contributed by atoms with E-state index in [1.54, 1.807) is 0 Å². The number of nitrogens with zero attached hydrogens (tertiary/aromatic N) is 2. The molecule has 0 aliphatic rings. The Morgan fingerprint density at radius 2 is 1.85 bits per heavy atom. The summed E-state index contributed by atoms with van der Waals surface area (Å²) in [7, 11) is 0. The molecule has 2 aromatic rings. The van der Waals surface area contributed by atoms with Gasteiger partial charge in [-0.1, -0.05) is 49.3 Å². The second-order valence-electron chi connectivity index (χ2n) is 5.39. The van der Waals surface area contributed by atoms with Gasteiger partial charge in [-0.15, -0.1) is 0 Å². The first-order valence-electron chi connectivity index (χ1n) is 7.25. The summed E-state index contributed by atoms with van der Waals surface area (Å²) in [5.41, 5.74) is 1.33. The van der Waals surface area contributed by atoms with E-state index in [4.69, 9.17) is 4.52 Å². The molecule has 0 unspecified atom stereocenters. The molecule has 4 heteroatoms. The van der Waals surface area contributed by atoms with Crippen LogP contribution in [0.15, 0.2) is 34.9 Å². The van der Waals surface area contributed by atoms with E-state index in [0.29, 0.717) is 18.9 Å². The van der Waals surface area contributed by atoms with Gasteiger partial charge in [0.2, 0.25) is 5.89 Å². The third-order valence-corrected chi connectivity index (χ3v) is 3.94. The molecule has 0 saturated heterocycles. The molecule has 2 rings (SSSR count). The highest BCUT2D eigenvalue weighted by Gasteiger charge is 2.19. The molecule has 0 fully saturated rings. The fraction of sp³-hybridized carbons (Fsp3) is 0.500. The summed E-state index contributed by atoms with van der Waals surface area (Å²) >= 11 is 0. The molecular formula is C16H23N3O. The highest BCUT2D eigenvalue weighted by atomic mass is 16.5. The summed E-state index contributed by atoms with van der Waals surface area (Å²) < 4.78 is 5.30. The molecule has 0 atom stereocenters. The highest BCUT2D eigenvalue weighted by Crippen LogP contribution is 2.14. The van der Waals surface area contributed by atoms with E-state index in [9.17, 15) is 0 Å². The Labute approximate surface area is 120 Å². The topological polar surface area (TPSA) is 51.0 Å². The first-order valence-corrected chi connectivity index (χ1v) is 7.25. The molecule has 0 aliphatic heterocycles. The van der Waals surface area contributed by atoms with Crippen molar-refractivity contribution in [1.29, 1.82) is 0 Å². The lowest BCUT2D eigenvalue weighted by Crippen LogP contribution is -2.40. The fourth-order valence-electron chi connectivity index (χ4n) is 2.00. The summed E-state index contributed by atoms with van der Waals surface area (Å²) in [4.78, 5) is 4.44. The van der Waals surface area contributed by atoms with Crippen LogP contribution in [0.4, 0.5) is 0 Å². The zero-order valence-corrected chi connectivity index (χ0v) is 12.5. The number of benzene rings is 1. The molecule has 1 aromatic carbocycles. The summed E-state index contributed by atoms with van der Waals surface area (Å²) in [5.74, 6) is 1.40. The molecule has 0 aliphatic carbocycles. The maximum absolute atomic E-state index is 5.30. The minimum absolute atomic E-state index is 0.133. The van der Waals surface area contributed by atoms with Crippen LogP contribution < -0.4 is 5.32 Å². The van der Waals surface area contributed by atoms with E-state index in [0.717, 1.165) is 18.7 Å². The van der Waals surface area contributed by atoms with Crippen molar-refractivity contribution in [3.8, 4) is 0 Å². The molecule has 4 nitrogen and oxygen atoms in total. The number of hydrogen-bond donors (Lipinski definition) is 1. The van der Waals surface area contributed by atoms with Gasteiger partial charge in [-0.3, -0.25) is 0 Å². The van der Waals surface area contributed by atoms with Crippen molar-refractivity contribution in [2.45, 2.75) is 52.1 Å². The van der Waals surface area contributed by atoms with Gasteiger partial charge in [0.05, 0.1) is 6.54 Å². The van der Waals surface area contributed by atoms with E-state index < -0.39 is 0 Å². The van der Waals surface area contributed by atoms with Crippen LogP contribution in [0.25, 0.3) is 0 Å². The molecule has 0 spiro atoms. The summed E-state index contributed by atoms with van der Waals surface area (Å²) in [5, 5.41) is 7.53. The Morgan fingerprint density at radius 1 is 1.15 bits per heavy atom. The van der Waals surface area contributed by atoms with Crippen molar-refractivity contribution < 1.29 is 4.52 Å². The maximum Gasteiger partial charge on any atom is 0.240 e. The standard InChI is InChI=1S/C16H23N3O/c1-4-16(3,5-2)17-12-15-18-14(19-20-15)11-13-9-7-6-8-10-13/h6-10,17H,4-5,11-12H2,1-3H3. The third kappa shape index (κ3) is 3.90. The van der Waals surface area contributed by atoms with Crippen LogP contribution in [-0.4, -0.2) is 15.7 Å². The average molecular weight is 273 g/mol.